The first-order valence-corrected chi connectivity index (χ1v) is 7.00. The molecule has 2 aromatic carbocycles. The molecule has 0 aromatic heterocycles. The van der Waals surface area contributed by atoms with Crippen LogP contribution in [0, 0.1) is 5.82 Å². The molecule has 0 bridgehead atoms. The van der Waals surface area contributed by atoms with Gasteiger partial charge in [0.15, 0.2) is 0 Å². The van der Waals surface area contributed by atoms with Gasteiger partial charge in [-0.3, -0.25) is 0 Å². The Balaban J connectivity index is 1.77. The summed E-state index contributed by atoms with van der Waals surface area (Å²) < 4.78 is 13.3. The van der Waals surface area contributed by atoms with Crippen molar-refractivity contribution in [1.29, 1.82) is 0 Å². The molecule has 104 valence electrons. The Morgan fingerprint density at radius 3 is 2.90 bits per heavy atom. The summed E-state index contributed by atoms with van der Waals surface area (Å²) in [4.78, 5) is 2.07. The van der Waals surface area contributed by atoms with E-state index in [1.807, 2.05) is 13.1 Å². The Kier molecular flexibility index (Phi) is 3.70. The maximum atomic E-state index is 13.3. The molecule has 2 aromatic rings. The van der Waals surface area contributed by atoms with Crippen LogP contribution in [0.4, 0.5) is 10.1 Å². The number of anilines is 1. The van der Waals surface area contributed by atoms with Crippen LogP contribution >= 0.6 is 0 Å². The van der Waals surface area contributed by atoms with Crippen LogP contribution in [0.1, 0.15) is 16.7 Å². The lowest BCUT2D eigenvalue weighted by Crippen LogP contribution is -2.24. The molecule has 0 aliphatic carbocycles. The second-order valence-corrected chi connectivity index (χ2v) is 5.37. The largest absolute Gasteiger partial charge is 0.370 e. The summed E-state index contributed by atoms with van der Waals surface area (Å²) in [6.45, 7) is 2.80. The average molecular weight is 270 g/mol. The van der Waals surface area contributed by atoms with E-state index in [1.54, 1.807) is 12.1 Å². The van der Waals surface area contributed by atoms with E-state index in [0.29, 0.717) is 0 Å². The first-order valence-electron chi connectivity index (χ1n) is 7.00. The minimum absolute atomic E-state index is 0.191. The van der Waals surface area contributed by atoms with Gasteiger partial charge >= 0.3 is 0 Å². The summed E-state index contributed by atoms with van der Waals surface area (Å²) in [6.07, 6.45) is 1.11. The zero-order valence-electron chi connectivity index (χ0n) is 11.7. The molecule has 0 amide bonds. The molecule has 1 aliphatic heterocycles. The van der Waals surface area contributed by atoms with Crippen LogP contribution in [0.3, 0.4) is 0 Å². The van der Waals surface area contributed by atoms with Gasteiger partial charge in [0.2, 0.25) is 0 Å². The van der Waals surface area contributed by atoms with Gasteiger partial charge in [-0.15, -0.1) is 0 Å². The fourth-order valence-electron chi connectivity index (χ4n) is 2.71. The van der Waals surface area contributed by atoms with Gasteiger partial charge in [-0.2, -0.15) is 0 Å². The van der Waals surface area contributed by atoms with Gasteiger partial charge < -0.3 is 10.2 Å². The standard InChI is InChI=1S/C17H19FN2/c1-20(17-4-2-3-16(18)10-17)12-13-5-6-14-7-8-19-11-15(14)9-13/h2-6,9-10,19H,7-8,11-12H2,1H3. The van der Waals surface area contributed by atoms with E-state index >= 15 is 0 Å². The Morgan fingerprint density at radius 2 is 2.05 bits per heavy atom. The number of hydrogen-bond donors (Lipinski definition) is 1. The third kappa shape index (κ3) is 2.83. The van der Waals surface area contributed by atoms with Crippen molar-refractivity contribution in [1.82, 2.24) is 5.32 Å². The molecule has 1 heterocycles. The van der Waals surface area contributed by atoms with E-state index in [0.717, 1.165) is 31.7 Å². The Labute approximate surface area is 119 Å². The van der Waals surface area contributed by atoms with Crippen LogP contribution in [0.5, 0.6) is 0 Å². The number of hydrogen-bond acceptors (Lipinski definition) is 2. The molecular weight excluding hydrogens is 251 g/mol. The number of fused-ring (bicyclic) bond motifs is 1. The van der Waals surface area contributed by atoms with Crippen molar-refractivity contribution in [2.45, 2.75) is 19.5 Å². The van der Waals surface area contributed by atoms with Crippen molar-refractivity contribution in [3.63, 3.8) is 0 Å². The smallest absolute Gasteiger partial charge is 0.125 e. The molecule has 1 aliphatic rings. The molecule has 0 saturated carbocycles. The summed E-state index contributed by atoms with van der Waals surface area (Å²) in [5.74, 6) is -0.191. The van der Waals surface area contributed by atoms with Gasteiger partial charge in [0.1, 0.15) is 5.82 Å². The molecule has 3 rings (SSSR count). The Hall–Kier alpha value is -1.87. The quantitative estimate of drug-likeness (QED) is 0.922. The third-order valence-electron chi connectivity index (χ3n) is 3.83. The molecule has 20 heavy (non-hydrogen) atoms. The second-order valence-electron chi connectivity index (χ2n) is 5.37. The van der Waals surface area contributed by atoms with E-state index in [-0.39, 0.29) is 5.82 Å². The molecule has 0 atom stereocenters. The van der Waals surface area contributed by atoms with Crippen molar-refractivity contribution in [3.05, 3.63) is 65.0 Å². The zero-order chi connectivity index (χ0) is 13.9. The lowest BCUT2D eigenvalue weighted by molar-refractivity contribution is 0.627. The fraction of sp³-hybridized carbons (Fsp3) is 0.294. The van der Waals surface area contributed by atoms with Gasteiger partial charge in [-0.05, 0) is 47.9 Å². The Morgan fingerprint density at radius 1 is 1.15 bits per heavy atom. The summed E-state index contributed by atoms with van der Waals surface area (Å²) in [5, 5.41) is 3.40. The van der Waals surface area contributed by atoms with Gasteiger partial charge in [0.05, 0.1) is 0 Å². The van der Waals surface area contributed by atoms with Crippen molar-refractivity contribution in [3.8, 4) is 0 Å². The van der Waals surface area contributed by atoms with Crippen molar-refractivity contribution in [2.75, 3.05) is 18.5 Å². The van der Waals surface area contributed by atoms with E-state index in [9.17, 15) is 4.39 Å². The van der Waals surface area contributed by atoms with E-state index < -0.39 is 0 Å². The van der Waals surface area contributed by atoms with Crippen LogP contribution in [0.15, 0.2) is 42.5 Å². The highest BCUT2D eigenvalue weighted by molar-refractivity contribution is 5.46. The lowest BCUT2D eigenvalue weighted by Gasteiger charge is -2.22. The first-order chi connectivity index (χ1) is 9.72. The zero-order valence-corrected chi connectivity index (χ0v) is 11.7. The molecule has 1 N–H and O–H groups in total. The summed E-state index contributed by atoms with van der Waals surface area (Å²) in [5.41, 5.74) is 5.00. The summed E-state index contributed by atoms with van der Waals surface area (Å²) >= 11 is 0. The van der Waals surface area contributed by atoms with Crippen molar-refractivity contribution < 1.29 is 4.39 Å². The number of nitrogens with zero attached hydrogens (tertiary/aromatic N) is 1. The van der Waals surface area contributed by atoms with E-state index in [4.69, 9.17) is 0 Å². The van der Waals surface area contributed by atoms with Gasteiger partial charge in [-0.25, -0.2) is 4.39 Å². The van der Waals surface area contributed by atoms with Crippen molar-refractivity contribution in [2.24, 2.45) is 0 Å². The van der Waals surface area contributed by atoms with Crippen LogP contribution in [0.25, 0.3) is 0 Å². The number of halogens is 1. The van der Waals surface area contributed by atoms with Gasteiger partial charge in [0, 0.05) is 25.8 Å². The predicted molar refractivity (Wildman–Crippen MR) is 80.4 cm³/mol. The van der Waals surface area contributed by atoms with E-state index in [2.05, 4.69) is 28.4 Å². The second kappa shape index (κ2) is 5.63. The fourth-order valence-corrected chi connectivity index (χ4v) is 2.71. The summed E-state index contributed by atoms with van der Waals surface area (Å²) in [6, 6.07) is 13.4. The molecule has 0 fully saturated rings. The molecule has 0 radical (unpaired) electrons. The monoisotopic (exact) mass is 270 g/mol. The average Bonchev–Trinajstić information content (AvgIpc) is 2.47. The lowest BCUT2D eigenvalue weighted by atomic mass is 9.98. The number of rotatable bonds is 3. The van der Waals surface area contributed by atoms with Crippen LogP contribution in [0.2, 0.25) is 0 Å². The van der Waals surface area contributed by atoms with Crippen LogP contribution < -0.4 is 10.2 Å². The van der Waals surface area contributed by atoms with Crippen LogP contribution in [-0.4, -0.2) is 13.6 Å². The highest BCUT2D eigenvalue weighted by atomic mass is 19.1. The maximum Gasteiger partial charge on any atom is 0.125 e. The van der Waals surface area contributed by atoms with E-state index in [1.165, 1.54) is 22.8 Å². The maximum absolute atomic E-state index is 13.3. The molecule has 0 unspecified atom stereocenters. The van der Waals surface area contributed by atoms with Crippen molar-refractivity contribution >= 4 is 5.69 Å². The summed E-state index contributed by atoms with van der Waals surface area (Å²) in [7, 11) is 1.99. The molecule has 3 heteroatoms. The first kappa shape index (κ1) is 13.1. The minimum Gasteiger partial charge on any atom is -0.370 e. The Bertz CT molecular complexity index is 610. The highest BCUT2D eigenvalue weighted by Crippen LogP contribution is 2.20. The SMILES string of the molecule is CN(Cc1ccc2c(c1)CNCC2)c1cccc(F)c1. The number of benzene rings is 2. The predicted octanol–water partition coefficient (Wildman–Crippen LogP) is 3.11. The van der Waals surface area contributed by atoms with Gasteiger partial charge in [0.25, 0.3) is 0 Å². The third-order valence-corrected chi connectivity index (χ3v) is 3.83. The van der Waals surface area contributed by atoms with Crippen LogP contribution in [-0.2, 0) is 19.5 Å². The molecular formula is C17H19FN2. The molecule has 2 nitrogen and oxygen atoms in total. The molecule has 0 spiro atoms. The minimum atomic E-state index is -0.191. The van der Waals surface area contributed by atoms with Gasteiger partial charge in [-0.1, -0.05) is 24.3 Å². The number of nitrogens with one attached hydrogen (secondary N) is 1. The topological polar surface area (TPSA) is 15.3 Å². The molecule has 0 saturated heterocycles. The normalized spacial score (nSPS) is 13.9. The highest BCUT2D eigenvalue weighted by Gasteiger charge is 2.10.